The van der Waals surface area contributed by atoms with Crippen LogP contribution in [-0.4, -0.2) is 13.3 Å². The van der Waals surface area contributed by atoms with Crippen molar-refractivity contribution in [2.75, 3.05) is 13.3 Å². The van der Waals surface area contributed by atoms with E-state index >= 15 is 0 Å². The highest BCUT2D eigenvalue weighted by Gasteiger charge is 2.51. The van der Waals surface area contributed by atoms with Crippen molar-refractivity contribution in [3.8, 4) is 11.5 Å². The van der Waals surface area contributed by atoms with Crippen molar-refractivity contribution in [1.29, 1.82) is 0 Å². The first-order valence-corrected chi connectivity index (χ1v) is 12.1. The Bertz CT molecular complexity index is 967. The van der Waals surface area contributed by atoms with Crippen LogP contribution in [0.4, 0.5) is 0 Å². The average molecular weight is 420 g/mol. The number of hydrogen-bond acceptors (Lipinski definition) is 3. The fourth-order valence-corrected chi connectivity index (χ4v) is 6.76. The number of rotatable bonds is 5. The van der Waals surface area contributed by atoms with Crippen molar-refractivity contribution in [3.05, 3.63) is 58.7 Å². The number of benzene rings is 2. The molecular weight excluding hydrogens is 382 g/mol. The summed E-state index contributed by atoms with van der Waals surface area (Å²) in [5.74, 6) is 3.07. The first-order valence-electron chi connectivity index (χ1n) is 12.1. The molecule has 2 aliphatic carbocycles. The topological polar surface area (TPSA) is 30.5 Å². The van der Waals surface area contributed by atoms with E-state index in [2.05, 4.69) is 63.3 Å². The zero-order valence-corrected chi connectivity index (χ0v) is 19.6. The molecule has 3 nitrogen and oxygen atoms in total. The summed E-state index contributed by atoms with van der Waals surface area (Å²) in [6.07, 6.45) is 6.51. The molecule has 1 heterocycles. The third-order valence-electron chi connectivity index (χ3n) is 8.46. The first kappa shape index (κ1) is 20.9. The van der Waals surface area contributed by atoms with E-state index in [9.17, 15) is 0 Å². The molecule has 5 rings (SSSR count). The molecule has 166 valence electrons. The Labute approximate surface area is 187 Å². The normalized spacial score (nSPS) is 29.0. The maximum Gasteiger partial charge on any atom is 0.231 e. The van der Waals surface area contributed by atoms with E-state index in [-0.39, 0.29) is 0 Å². The number of hydrogen-bond donors (Lipinski definition) is 1. The summed E-state index contributed by atoms with van der Waals surface area (Å²) in [4.78, 5) is 0. The van der Waals surface area contributed by atoms with Crippen LogP contribution in [0.1, 0.15) is 81.5 Å². The van der Waals surface area contributed by atoms with Crippen molar-refractivity contribution in [2.45, 2.75) is 77.7 Å². The quantitative estimate of drug-likeness (QED) is 0.613. The minimum absolute atomic E-state index is 0.302. The molecule has 1 aliphatic heterocycles. The Hall–Kier alpha value is -2.00. The molecule has 31 heavy (non-hydrogen) atoms. The summed E-state index contributed by atoms with van der Waals surface area (Å²) in [6.45, 7) is 12.0. The summed E-state index contributed by atoms with van der Waals surface area (Å²) in [5, 5.41) is 3.80. The van der Waals surface area contributed by atoms with E-state index in [1.54, 1.807) is 11.1 Å². The Kier molecular flexibility index (Phi) is 5.29. The van der Waals surface area contributed by atoms with E-state index in [4.69, 9.17) is 9.47 Å². The van der Waals surface area contributed by atoms with Crippen LogP contribution in [0.25, 0.3) is 0 Å². The minimum atomic E-state index is 0.302. The molecule has 0 aromatic heterocycles. The van der Waals surface area contributed by atoms with Gasteiger partial charge in [0.1, 0.15) is 0 Å². The first-order chi connectivity index (χ1) is 14.9. The number of ether oxygens (including phenoxy) is 2. The van der Waals surface area contributed by atoms with E-state index in [1.807, 2.05) is 6.07 Å². The second-order valence-electron chi connectivity index (χ2n) is 10.9. The summed E-state index contributed by atoms with van der Waals surface area (Å²) < 4.78 is 11.0. The molecule has 1 fully saturated rings. The van der Waals surface area contributed by atoms with Gasteiger partial charge in [0.25, 0.3) is 0 Å². The van der Waals surface area contributed by atoms with E-state index in [0.717, 1.165) is 30.5 Å². The lowest BCUT2D eigenvalue weighted by molar-refractivity contribution is 0.0257. The van der Waals surface area contributed by atoms with Gasteiger partial charge in [-0.3, -0.25) is 0 Å². The van der Waals surface area contributed by atoms with Gasteiger partial charge >= 0.3 is 0 Å². The third kappa shape index (κ3) is 3.65. The van der Waals surface area contributed by atoms with E-state index in [0.29, 0.717) is 23.5 Å². The maximum atomic E-state index is 5.55. The predicted octanol–water partition coefficient (Wildman–Crippen LogP) is 6.34. The average Bonchev–Trinajstić information content (AvgIpc) is 3.21. The van der Waals surface area contributed by atoms with Crippen LogP contribution < -0.4 is 14.8 Å². The second kappa shape index (κ2) is 7.85. The number of fused-ring (bicyclic) bond motifs is 4. The molecule has 3 atom stereocenters. The second-order valence-corrected chi connectivity index (χ2v) is 10.9. The Balaban J connectivity index is 1.32. The van der Waals surface area contributed by atoms with Gasteiger partial charge in [-0.05, 0) is 82.7 Å². The smallest absolute Gasteiger partial charge is 0.231 e. The summed E-state index contributed by atoms with van der Waals surface area (Å²) in [7, 11) is 0. The van der Waals surface area contributed by atoms with Gasteiger partial charge in [0.15, 0.2) is 11.5 Å². The van der Waals surface area contributed by atoms with Gasteiger partial charge in [0.05, 0.1) is 0 Å². The van der Waals surface area contributed by atoms with Crippen molar-refractivity contribution in [3.63, 3.8) is 0 Å². The molecule has 2 aromatic carbocycles. The van der Waals surface area contributed by atoms with Crippen LogP contribution in [0.5, 0.6) is 11.5 Å². The van der Waals surface area contributed by atoms with Gasteiger partial charge in [-0.2, -0.15) is 0 Å². The summed E-state index contributed by atoms with van der Waals surface area (Å²) in [6, 6.07) is 13.7. The van der Waals surface area contributed by atoms with Gasteiger partial charge in [-0.15, -0.1) is 0 Å². The molecular formula is C28H37NO2. The lowest BCUT2D eigenvalue weighted by atomic mass is 9.49. The van der Waals surface area contributed by atoms with Gasteiger partial charge in [0.2, 0.25) is 6.79 Å². The standard InChI is InChI=1S/C28H37NO2/c1-19(2)21-7-9-23-22(15-21)8-11-26-27(3,12-5-13-28(23,26)4)17-29-16-20-6-10-24-25(14-20)31-18-30-24/h6-7,9-10,14-15,19,26,29H,5,8,11-13,16-18H2,1-4H3. The Morgan fingerprint density at radius 2 is 1.87 bits per heavy atom. The van der Waals surface area contributed by atoms with Gasteiger partial charge in [-0.25, -0.2) is 0 Å². The van der Waals surface area contributed by atoms with Crippen LogP contribution in [0.2, 0.25) is 0 Å². The zero-order chi connectivity index (χ0) is 21.6. The van der Waals surface area contributed by atoms with Crippen molar-refractivity contribution in [1.82, 2.24) is 5.32 Å². The van der Waals surface area contributed by atoms with Crippen molar-refractivity contribution < 1.29 is 9.47 Å². The monoisotopic (exact) mass is 419 g/mol. The molecule has 0 spiro atoms. The highest BCUT2D eigenvalue weighted by molar-refractivity contribution is 5.44. The van der Waals surface area contributed by atoms with Crippen molar-refractivity contribution in [2.24, 2.45) is 11.3 Å². The molecule has 0 bridgehead atoms. The largest absolute Gasteiger partial charge is 0.454 e. The molecule has 0 radical (unpaired) electrons. The van der Waals surface area contributed by atoms with Gasteiger partial charge < -0.3 is 14.8 Å². The van der Waals surface area contributed by atoms with Crippen LogP contribution in [-0.2, 0) is 18.4 Å². The molecule has 0 amide bonds. The van der Waals surface area contributed by atoms with Gasteiger partial charge in [-0.1, -0.05) is 58.4 Å². The molecule has 2 aromatic rings. The molecule has 1 N–H and O–H groups in total. The van der Waals surface area contributed by atoms with E-state index in [1.165, 1.54) is 43.2 Å². The minimum Gasteiger partial charge on any atom is -0.454 e. The lowest BCUT2D eigenvalue weighted by Crippen LogP contribution is -2.52. The van der Waals surface area contributed by atoms with Crippen LogP contribution in [0.3, 0.4) is 0 Å². The summed E-state index contributed by atoms with van der Waals surface area (Å²) in [5.41, 5.74) is 6.64. The molecule has 1 saturated carbocycles. The molecule has 3 unspecified atom stereocenters. The molecule has 3 aliphatic rings. The lowest BCUT2D eigenvalue weighted by Gasteiger charge is -2.55. The van der Waals surface area contributed by atoms with Crippen molar-refractivity contribution >= 4 is 0 Å². The summed E-state index contributed by atoms with van der Waals surface area (Å²) >= 11 is 0. The predicted molar refractivity (Wildman–Crippen MR) is 126 cm³/mol. The maximum absolute atomic E-state index is 5.55. The third-order valence-corrected chi connectivity index (χ3v) is 8.46. The fraction of sp³-hybridized carbons (Fsp3) is 0.571. The fourth-order valence-electron chi connectivity index (χ4n) is 6.76. The molecule has 0 saturated heterocycles. The SMILES string of the molecule is CC(C)c1ccc2c(c1)CCC1C(C)(CNCc3ccc4c(c3)OCO4)CCCC21C. The van der Waals surface area contributed by atoms with Gasteiger partial charge in [0, 0.05) is 13.1 Å². The highest BCUT2D eigenvalue weighted by atomic mass is 16.7. The Morgan fingerprint density at radius 3 is 2.71 bits per heavy atom. The van der Waals surface area contributed by atoms with Crippen LogP contribution in [0.15, 0.2) is 36.4 Å². The molecule has 3 heteroatoms. The zero-order valence-electron chi connectivity index (χ0n) is 19.6. The van der Waals surface area contributed by atoms with E-state index < -0.39 is 0 Å². The Morgan fingerprint density at radius 1 is 1.03 bits per heavy atom. The van der Waals surface area contributed by atoms with Crippen LogP contribution >= 0.6 is 0 Å². The highest BCUT2D eigenvalue weighted by Crippen LogP contribution is 2.57. The number of nitrogens with one attached hydrogen (secondary N) is 1. The van der Waals surface area contributed by atoms with Crippen LogP contribution in [0, 0.1) is 11.3 Å². The number of aryl methyl sites for hydroxylation is 1.